The number of benzene rings is 2. The van der Waals surface area contributed by atoms with Gasteiger partial charge in [-0.3, -0.25) is 4.79 Å². The molecule has 0 aliphatic carbocycles. The third kappa shape index (κ3) is 4.02. The fraction of sp³-hybridized carbons (Fsp3) is 0.227. The first-order valence-corrected chi connectivity index (χ1v) is 10.3. The lowest BCUT2D eigenvalue weighted by atomic mass is 9.89. The molecule has 0 spiro atoms. The van der Waals surface area contributed by atoms with Crippen molar-refractivity contribution < 1.29 is 32.2 Å². The first-order chi connectivity index (χ1) is 15.2. The first-order valence-electron chi connectivity index (χ1n) is 9.54. The van der Waals surface area contributed by atoms with Gasteiger partial charge in [0, 0.05) is 11.8 Å². The molecule has 1 aliphatic heterocycles. The van der Waals surface area contributed by atoms with Crippen LogP contribution in [0.25, 0.3) is 16.8 Å². The molecule has 2 aromatic carbocycles. The molecule has 1 aliphatic rings. The number of fused-ring (bicyclic) bond motifs is 1. The minimum absolute atomic E-state index is 0.0702. The zero-order chi connectivity index (χ0) is 23.0. The molecule has 1 aromatic heterocycles. The van der Waals surface area contributed by atoms with Gasteiger partial charge >= 0.3 is 12.1 Å². The molecular weight excluding hydrogens is 493 g/mol. The Bertz CT molecular complexity index is 1220. The van der Waals surface area contributed by atoms with Crippen molar-refractivity contribution in [3.8, 4) is 22.6 Å². The summed E-state index contributed by atoms with van der Waals surface area (Å²) in [5, 5.41) is 4.15. The number of nitrogens with zero attached hydrogens (tertiary/aromatic N) is 2. The monoisotopic (exact) mass is 508 g/mol. The number of aromatic nitrogens is 2. The molecule has 0 saturated carbocycles. The lowest BCUT2D eigenvalue weighted by Gasteiger charge is -2.22. The molecule has 166 valence electrons. The number of carbonyl (C=O) groups excluding carboxylic acids is 2. The third-order valence-electron chi connectivity index (χ3n) is 5.08. The largest absolute Gasteiger partial charge is 0.493 e. The highest BCUT2D eigenvalue weighted by atomic mass is 79.9. The second-order valence-corrected chi connectivity index (χ2v) is 7.99. The topological polar surface area (TPSA) is 70.4 Å². The smallest absolute Gasteiger partial charge is 0.417 e. The number of Topliss-reactive ketones (excluding diaryl/α,β-unsaturated/α-hetero) is 1. The molecule has 6 nitrogen and oxygen atoms in total. The number of hydrogen-bond donors (Lipinski definition) is 0. The van der Waals surface area contributed by atoms with E-state index >= 15 is 0 Å². The molecule has 0 saturated heterocycles. The molecule has 2 heterocycles. The van der Waals surface area contributed by atoms with Crippen molar-refractivity contribution >= 4 is 27.7 Å². The molecular formula is C22H16BrF3N2O4. The minimum atomic E-state index is -4.88. The Morgan fingerprint density at radius 2 is 2.00 bits per heavy atom. The molecule has 0 atom stereocenters. The summed E-state index contributed by atoms with van der Waals surface area (Å²) in [6.45, 7) is 0.550. The molecule has 10 heteroatoms. The van der Waals surface area contributed by atoms with Gasteiger partial charge in [0.1, 0.15) is 5.75 Å². The summed E-state index contributed by atoms with van der Waals surface area (Å²) >= 11 is 3.27. The normalized spacial score (nSPS) is 13.3. The molecule has 32 heavy (non-hydrogen) atoms. The Morgan fingerprint density at radius 1 is 1.22 bits per heavy atom. The standard InChI is InChI=1S/C22H16BrF3N2O4/c1-31-21(30)20(29)19-15(22(24,25)26)5-6-16(28-11-14(23)10-27-28)18(19)13-4-7-17-12(9-13)3-2-8-32-17/h4-7,9-11H,2-3,8H2,1H3. The third-order valence-corrected chi connectivity index (χ3v) is 5.49. The SMILES string of the molecule is COC(=O)C(=O)c1c(C(F)(F)F)ccc(-n2cc(Br)cn2)c1-c1ccc2c(c1)CCCO2. The maximum absolute atomic E-state index is 13.9. The van der Waals surface area contributed by atoms with Crippen LogP contribution in [-0.2, 0) is 22.1 Å². The van der Waals surface area contributed by atoms with E-state index in [1.165, 1.54) is 16.9 Å². The molecule has 3 aromatic rings. The molecule has 0 N–H and O–H groups in total. The number of carbonyl (C=O) groups is 2. The van der Waals surface area contributed by atoms with Gasteiger partial charge in [-0.15, -0.1) is 0 Å². The van der Waals surface area contributed by atoms with Crippen LogP contribution in [0.5, 0.6) is 5.75 Å². The van der Waals surface area contributed by atoms with Crippen molar-refractivity contribution in [2.24, 2.45) is 0 Å². The summed E-state index contributed by atoms with van der Waals surface area (Å²) in [7, 11) is 0.942. The zero-order valence-corrected chi connectivity index (χ0v) is 18.3. The fourth-order valence-corrected chi connectivity index (χ4v) is 3.98. The summed E-state index contributed by atoms with van der Waals surface area (Å²) in [5.74, 6) is -2.15. The van der Waals surface area contributed by atoms with Crippen LogP contribution in [0, 0.1) is 0 Å². The van der Waals surface area contributed by atoms with Gasteiger partial charge in [-0.05, 0) is 64.2 Å². The summed E-state index contributed by atoms with van der Waals surface area (Å²) in [4.78, 5) is 24.9. The van der Waals surface area contributed by atoms with Crippen molar-refractivity contribution in [1.29, 1.82) is 0 Å². The van der Waals surface area contributed by atoms with Crippen LogP contribution in [0.1, 0.15) is 27.9 Å². The maximum Gasteiger partial charge on any atom is 0.417 e. The summed E-state index contributed by atoms with van der Waals surface area (Å²) < 4.78 is 53.8. The van der Waals surface area contributed by atoms with E-state index in [0.29, 0.717) is 28.8 Å². The van der Waals surface area contributed by atoms with E-state index < -0.39 is 29.1 Å². The highest BCUT2D eigenvalue weighted by Gasteiger charge is 2.40. The Morgan fingerprint density at radius 3 is 2.66 bits per heavy atom. The molecule has 0 amide bonds. The van der Waals surface area contributed by atoms with Crippen LogP contribution in [0.15, 0.2) is 47.2 Å². The summed E-state index contributed by atoms with van der Waals surface area (Å²) in [6.07, 6.45) is -0.449. The Balaban J connectivity index is 2.08. The molecule has 0 fully saturated rings. The fourth-order valence-electron chi connectivity index (χ4n) is 3.69. The van der Waals surface area contributed by atoms with Crippen molar-refractivity contribution in [2.45, 2.75) is 19.0 Å². The van der Waals surface area contributed by atoms with Gasteiger partial charge in [0.15, 0.2) is 0 Å². The van der Waals surface area contributed by atoms with Crippen molar-refractivity contribution in [2.75, 3.05) is 13.7 Å². The molecule has 0 unspecified atom stereocenters. The zero-order valence-electron chi connectivity index (χ0n) is 16.7. The van der Waals surface area contributed by atoms with Crippen LogP contribution in [0.3, 0.4) is 0 Å². The van der Waals surface area contributed by atoms with Crippen molar-refractivity contribution in [3.63, 3.8) is 0 Å². The number of hydrogen-bond acceptors (Lipinski definition) is 5. The predicted molar refractivity (Wildman–Crippen MR) is 112 cm³/mol. The van der Waals surface area contributed by atoms with Gasteiger partial charge in [-0.2, -0.15) is 18.3 Å². The lowest BCUT2D eigenvalue weighted by Crippen LogP contribution is -2.23. The Kier molecular flexibility index (Phi) is 5.81. The van der Waals surface area contributed by atoms with Crippen molar-refractivity contribution in [3.05, 3.63) is 63.9 Å². The molecule has 4 rings (SSSR count). The minimum Gasteiger partial charge on any atom is -0.493 e. The van der Waals surface area contributed by atoms with E-state index in [1.807, 2.05) is 0 Å². The highest BCUT2D eigenvalue weighted by Crippen LogP contribution is 2.42. The van der Waals surface area contributed by atoms with Crippen LogP contribution in [0.4, 0.5) is 13.2 Å². The molecule has 0 bridgehead atoms. The van der Waals surface area contributed by atoms with Crippen molar-refractivity contribution in [1.82, 2.24) is 9.78 Å². The van der Waals surface area contributed by atoms with E-state index in [2.05, 4.69) is 25.8 Å². The van der Waals surface area contributed by atoms with Gasteiger partial charge < -0.3 is 9.47 Å². The number of ketones is 1. The molecule has 0 radical (unpaired) electrons. The Labute approximate surface area is 189 Å². The van der Waals surface area contributed by atoms with E-state index in [0.717, 1.165) is 25.2 Å². The van der Waals surface area contributed by atoms with Gasteiger partial charge in [0.25, 0.3) is 5.78 Å². The van der Waals surface area contributed by atoms with E-state index in [4.69, 9.17) is 4.74 Å². The number of esters is 1. The average molecular weight is 509 g/mol. The number of methoxy groups -OCH3 is 1. The van der Waals surface area contributed by atoms with Gasteiger partial charge in [0.05, 0.1) is 41.2 Å². The maximum atomic E-state index is 13.9. The highest BCUT2D eigenvalue weighted by molar-refractivity contribution is 9.10. The van der Waals surface area contributed by atoms with E-state index in [9.17, 15) is 22.8 Å². The van der Waals surface area contributed by atoms with Gasteiger partial charge in [-0.1, -0.05) is 6.07 Å². The van der Waals surface area contributed by atoms with E-state index in [1.54, 1.807) is 24.4 Å². The van der Waals surface area contributed by atoms with Crippen LogP contribution in [-0.4, -0.2) is 35.2 Å². The number of ether oxygens (including phenoxy) is 2. The number of halogens is 4. The van der Waals surface area contributed by atoms with E-state index in [-0.39, 0.29) is 11.3 Å². The summed E-state index contributed by atoms with van der Waals surface area (Å²) in [5.41, 5.74) is -0.756. The summed E-state index contributed by atoms with van der Waals surface area (Å²) in [6, 6.07) is 6.89. The Hall–Kier alpha value is -3.14. The average Bonchev–Trinajstić information content (AvgIpc) is 3.22. The van der Waals surface area contributed by atoms with Gasteiger partial charge in [-0.25, -0.2) is 9.48 Å². The van der Waals surface area contributed by atoms with Crippen LogP contribution >= 0.6 is 15.9 Å². The van der Waals surface area contributed by atoms with Crippen LogP contribution < -0.4 is 4.74 Å². The number of alkyl halides is 3. The number of rotatable bonds is 4. The number of aryl methyl sites for hydroxylation is 1. The van der Waals surface area contributed by atoms with Gasteiger partial charge in [0.2, 0.25) is 0 Å². The lowest BCUT2D eigenvalue weighted by molar-refractivity contribution is -0.138. The quantitative estimate of drug-likeness (QED) is 0.281. The second kappa shape index (κ2) is 8.42. The first kappa shape index (κ1) is 22.1. The predicted octanol–water partition coefficient (Wildman–Crippen LogP) is 5.00. The second-order valence-electron chi connectivity index (χ2n) is 7.08. The van der Waals surface area contributed by atoms with Crippen LogP contribution in [0.2, 0.25) is 0 Å².